The van der Waals surface area contributed by atoms with Crippen LogP contribution in [0.3, 0.4) is 0 Å². The van der Waals surface area contributed by atoms with Crippen molar-refractivity contribution in [2.24, 2.45) is 0 Å². The predicted molar refractivity (Wildman–Crippen MR) is 71.3 cm³/mol. The first-order chi connectivity index (χ1) is 8.15. The Balaban J connectivity index is 2.14. The Morgan fingerprint density at radius 1 is 1.29 bits per heavy atom. The van der Waals surface area contributed by atoms with E-state index >= 15 is 0 Å². The maximum Gasteiger partial charge on any atom is 0.274 e. The number of amides is 1. The van der Waals surface area contributed by atoms with Crippen molar-refractivity contribution in [2.75, 3.05) is 5.32 Å². The van der Waals surface area contributed by atoms with Gasteiger partial charge in [0.05, 0.1) is 5.02 Å². The Labute approximate surface area is 112 Å². The monoisotopic (exact) mass is 310 g/mol. The number of carbonyl (C=O) groups is 1. The van der Waals surface area contributed by atoms with Gasteiger partial charge >= 0.3 is 0 Å². The average molecular weight is 312 g/mol. The van der Waals surface area contributed by atoms with Crippen LogP contribution in [0.15, 0.2) is 47.1 Å². The SMILES string of the molecule is O=C(Nc1cccc(Br)c1)c1ccc(Cl)cn1. The van der Waals surface area contributed by atoms with Gasteiger partial charge in [-0.2, -0.15) is 0 Å². The number of aromatic nitrogens is 1. The first-order valence-corrected chi connectivity index (χ1v) is 6.01. The second kappa shape index (κ2) is 5.29. The van der Waals surface area contributed by atoms with Crippen LogP contribution in [-0.2, 0) is 0 Å². The van der Waals surface area contributed by atoms with E-state index in [9.17, 15) is 4.79 Å². The minimum atomic E-state index is -0.264. The Kier molecular flexibility index (Phi) is 3.76. The van der Waals surface area contributed by atoms with E-state index in [0.717, 1.165) is 4.47 Å². The van der Waals surface area contributed by atoms with E-state index in [1.807, 2.05) is 18.2 Å². The third-order valence-corrected chi connectivity index (χ3v) is 2.76. The highest BCUT2D eigenvalue weighted by molar-refractivity contribution is 9.10. The number of halogens is 2. The molecule has 1 N–H and O–H groups in total. The smallest absolute Gasteiger partial charge is 0.274 e. The molecule has 0 fully saturated rings. The number of carbonyl (C=O) groups excluding carboxylic acids is 1. The lowest BCUT2D eigenvalue weighted by atomic mass is 10.3. The lowest BCUT2D eigenvalue weighted by Gasteiger charge is -2.04. The van der Waals surface area contributed by atoms with Crippen molar-refractivity contribution in [1.29, 1.82) is 0 Å². The molecule has 0 radical (unpaired) electrons. The number of rotatable bonds is 2. The summed E-state index contributed by atoms with van der Waals surface area (Å²) in [5, 5.41) is 3.25. The van der Waals surface area contributed by atoms with Crippen LogP contribution in [0.2, 0.25) is 5.02 Å². The number of nitrogens with zero attached hydrogens (tertiary/aromatic N) is 1. The van der Waals surface area contributed by atoms with Crippen molar-refractivity contribution >= 4 is 39.1 Å². The summed E-state index contributed by atoms with van der Waals surface area (Å²) in [7, 11) is 0. The molecule has 86 valence electrons. The molecule has 2 aromatic rings. The third kappa shape index (κ3) is 3.28. The third-order valence-electron chi connectivity index (χ3n) is 2.04. The van der Waals surface area contributed by atoms with E-state index in [0.29, 0.717) is 16.4 Å². The fourth-order valence-corrected chi connectivity index (χ4v) is 1.78. The summed E-state index contributed by atoms with van der Waals surface area (Å²) in [5.74, 6) is -0.264. The van der Waals surface area contributed by atoms with Crippen molar-refractivity contribution in [1.82, 2.24) is 4.98 Å². The number of pyridine rings is 1. The van der Waals surface area contributed by atoms with E-state index in [1.165, 1.54) is 6.20 Å². The summed E-state index contributed by atoms with van der Waals surface area (Å²) < 4.78 is 0.902. The molecule has 1 amide bonds. The molecule has 1 aromatic heterocycles. The molecule has 0 aliphatic rings. The highest BCUT2D eigenvalue weighted by Gasteiger charge is 2.07. The standard InChI is InChI=1S/C12H8BrClN2O/c13-8-2-1-3-10(6-8)16-12(17)11-5-4-9(14)7-15-11/h1-7H,(H,16,17). The Morgan fingerprint density at radius 2 is 2.12 bits per heavy atom. The quantitative estimate of drug-likeness (QED) is 0.918. The predicted octanol–water partition coefficient (Wildman–Crippen LogP) is 3.75. The minimum absolute atomic E-state index is 0.264. The van der Waals surface area contributed by atoms with Crippen LogP contribution in [0.5, 0.6) is 0 Å². The van der Waals surface area contributed by atoms with Gasteiger partial charge in [-0.3, -0.25) is 4.79 Å². The van der Waals surface area contributed by atoms with Crippen LogP contribution in [0, 0.1) is 0 Å². The van der Waals surface area contributed by atoms with Crippen molar-refractivity contribution in [3.05, 3.63) is 57.8 Å². The molecular weight excluding hydrogens is 304 g/mol. The van der Waals surface area contributed by atoms with Crippen LogP contribution in [0.1, 0.15) is 10.5 Å². The van der Waals surface area contributed by atoms with Gasteiger partial charge in [0, 0.05) is 16.4 Å². The molecule has 0 aliphatic carbocycles. The summed E-state index contributed by atoms with van der Waals surface area (Å²) in [5.41, 5.74) is 1.04. The van der Waals surface area contributed by atoms with Crippen LogP contribution < -0.4 is 5.32 Å². The van der Waals surface area contributed by atoms with Crippen molar-refractivity contribution in [2.45, 2.75) is 0 Å². The van der Waals surface area contributed by atoms with E-state index in [2.05, 4.69) is 26.2 Å². The molecule has 0 saturated carbocycles. The van der Waals surface area contributed by atoms with Crippen molar-refractivity contribution in [3.63, 3.8) is 0 Å². The molecular formula is C12H8BrClN2O. The van der Waals surface area contributed by atoms with Crippen LogP contribution >= 0.6 is 27.5 Å². The van der Waals surface area contributed by atoms with Gasteiger partial charge < -0.3 is 5.32 Å². The molecule has 0 bridgehead atoms. The maximum atomic E-state index is 11.8. The lowest BCUT2D eigenvalue weighted by molar-refractivity contribution is 0.102. The van der Waals surface area contributed by atoms with Crippen molar-refractivity contribution in [3.8, 4) is 0 Å². The van der Waals surface area contributed by atoms with E-state index < -0.39 is 0 Å². The molecule has 0 spiro atoms. The van der Waals surface area contributed by atoms with Gasteiger partial charge in [-0.1, -0.05) is 33.6 Å². The first-order valence-electron chi connectivity index (χ1n) is 4.83. The molecule has 0 atom stereocenters. The molecule has 1 aromatic carbocycles. The fraction of sp³-hybridized carbons (Fsp3) is 0. The summed E-state index contributed by atoms with van der Waals surface area (Å²) in [6.45, 7) is 0. The first kappa shape index (κ1) is 12.1. The zero-order chi connectivity index (χ0) is 12.3. The van der Waals surface area contributed by atoms with E-state index in [1.54, 1.807) is 18.2 Å². The zero-order valence-electron chi connectivity index (χ0n) is 8.65. The molecule has 2 rings (SSSR count). The summed E-state index contributed by atoms with van der Waals surface area (Å²) in [6, 6.07) is 10.6. The second-order valence-electron chi connectivity index (χ2n) is 3.33. The minimum Gasteiger partial charge on any atom is -0.321 e. The largest absolute Gasteiger partial charge is 0.321 e. The highest BCUT2D eigenvalue weighted by Crippen LogP contribution is 2.16. The molecule has 5 heteroatoms. The molecule has 3 nitrogen and oxygen atoms in total. The zero-order valence-corrected chi connectivity index (χ0v) is 11.0. The molecule has 0 unspecified atom stereocenters. The van der Waals surface area contributed by atoms with Gasteiger partial charge in [-0.15, -0.1) is 0 Å². The van der Waals surface area contributed by atoms with Crippen molar-refractivity contribution < 1.29 is 4.79 Å². The van der Waals surface area contributed by atoms with Crippen LogP contribution in [0.4, 0.5) is 5.69 Å². The molecule has 17 heavy (non-hydrogen) atoms. The van der Waals surface area contributed by atoms with Gasteiger partial charge in [0.1, 0.15) is 5.69 Å². The molecule has 0 saturated heterocycles. The summed E-state index contributed by atoms with van der Waals surface area (Å²) in [6.07, 6.45) is 1.44. The Morgan fingerprint density at radius 3 is 2.76 bits per heavy atom. The second-order valence-corrected chi connectivity index (χ2v) is 4.68. The van der Waals surface area contributed by atoms with Crippen LogP contribution in [-0.4, -0.2) is 10.9 Å². The van der Waals surface area contributed by atoms with Crippen LogP contribution in [0.25, 0.3) is 0 Å². The number of nitrogens with one attached hydrogen (secondary N) is 1. The molecule has 1 heterocycles. The Bertz CT molecular complexity index is 542. The normalized spacial score (nSPS) is 10.0. The van der Waals surface area contributed by atoms with Gasteiger partial charge in [-0.05, 0) is 30.3 Å². The highest BCUT2D eigenvalue weighted by atomic mass is 79.9. The number of hydrogen-bond acceptors (Lipinski definition) is 2. The van der Waals surface area contributed by atoms with Gasteiger partial charge in [0.15, 0.2) is 0 Å². The van der Waals surface area contributed by atoms with Gasteiger partial charge in [-0.25, -0.2) is 4.98 Å². The summed E-state index contributed by atoms with van der Waals surface area (Å²) in [4.78, 5) is 15.7. The maximum absolute atomic E-state index is 11.8. The van der Waals surface area contributed by atoms with Gasteiger partial charge in [0.2, 0.25) is 0 Å². The van der Waals surface area contributed by atoms with E-state index in [4.69, 9.17) is 11.6 Å². The van der Waals surface area contributed by atoms with Gasteiger partial charge in [0.25, 0.3) is 5.91 Å². The number of anilines is 1. The lowest BCUT2D eigenvalue weighted by Crippen LogP contribution is -2.13. The number of hydrogen-bond donors (Lipinski definition) is 1. The summed E-state index contributed by atoms with van der Waals surface area (Å²) >= 11 is 9.03. The fourth-order valence-electron chi connectivity index (χ4n) is 1.27. The Hall–Kier alpha value is -1.39. The molecule has 0 aliphatic heterocycles. The van der Waals surface area contributed by atoms with E-state index in [-0.39, 0.29) is 5.91 Å². The average Bonchev–Trinajstić information content (AvgIpc) is 2.29. The number of benzene rings is 1. The topological polar surface area (TPSA) is 42.0 Å².